The van der Waals surface area contributed by atoms with Gasteiger partial charge in [0.2, 0.25) is 0 Å². The Morgan fingerprint density at radius 3 is 2.78 bits per heavy atom. The number of nitrogens with zero attached hydrogens (tertiary/aromatic N) is 1. The van der Waals surface area contributed by atoms with E-state index in [1.807, 2.05) is 25.4 Å². The van der Waals surface area contributed by atoms with Crippen LogP contribution >= 0.6 is 0 Å². The third-order valence-corrected chi connectivity index (χ3v) is 3.49. The van der Waals surface area contributed by atoms with E-state index in [0.717, 1.165) is 23.4 Å². The van der Waals surface area contributed by atoms with Crippen molar-refractivity contribution < 1.29 is 4.74 Å². The highest BCUT2D eigenvalue weighted by Gasteiger charge is 2.13. The van der Waals surface area contributed by atoms with Crippen LogP contribution < -0.4 is 10.1 Å². The van der Waals surface area contributed by atoms with Gasteiger partial charge in [0.05, 0.1) is 24.5 Å². The number of ether oxygens (including phenoxy) is 1. The molecule has 1 N–H and O–H groups in total. The first kappa shape index (κ1) is 12.7. The minimum Gasteiger partial charge on any atom is -0.497 e. The van der Waals surface area contributed by atoms with E-state index in [4.69, 9.17) is 4.74 Å². The van der Waals surface area contributed by atoms with Gasteiger partial charge in [0, 0.05) is 18.5 Å². The van der Waals surface area contributed by atoms with Crippen molar-refractivity contribution in [1.82, 2.24) is 4.98 Å². The summed E-state index contributed by atoms with van der Waals surface area (Å²) in [7, 11) is 3.62. The Morgan fingerprint density at radius 2 is 2.17 bits per heavy atom. The van der Waals surface area contributed by atoms with Gasteiger partial charge in [-0.25, -0.2) is 0 Å². The number of pyridine rings is 1. The van der Waals surface area contributed by atoms with E-state index in [1.165, 1.54) is 10.9 Å². The average molecular weight is 244 g/mol. The van der Waals surface area contributed by atoms with E-state index >= 15 is 0 Å². The van der Waals surface area contributed by atoms with Crippen LogP contribution in [0.25, 0.3) is 10.9 Å². The van der Waals surface area contributed by atoms with Crippen LogP contribution in [0.15, 0.2) is 24.4 Å². The third-order valence-electron chi connectivity index (χ3n) is 3.49. The van der Waals surface area contributed by atoms with Crippen molar-refractivity contribution in [2.24, 2.45) is 0 Å². The highest BCUT2D eigenvalue weighted by Crippen LogP contribution is 2.34. The van der Waals surface area contributed by atoms with Gasteiger partial charge >= 0.3 is 0 Å². The topological polar surface area (TPSA) is 34.2 Å². The van der Waals surface area contributed by atoms with Crippen molar-refractivity contribution in [2.75, 3.05) is 19.5 Å². The molecule has 0 saturated carbocycles. The predicted octanol–water partition coefficient (Wildman–Crippen LogP) is 3.80. The lowest BCUT2D eigenvalue weighted by molar-refractivity contribution is 0.415. The molecule has 1 aromatic heterocycles. The summed E-state index contributed by atoms with van der Waals surface area (Å²) in [5.74, 6) is 1.36. The fourth-order valence-corrected chi connectivity index (χ4v) is 2.26. The minimum absolute atomic E-state index is 0.506. The number of aromatic nitrogens is 1. The summed E-state index contributed by atoms with van der Waals surface area (Å²) in [5, 5.41) is 4.44. The SMILES string of the molecule is CCC(C)c1c(NC)cnc2cc(OC)ccc12. The Morgan fingerprint density at radius 1 is 1.39 bits per heavy atom. The molecular weight excluding hydrogens is 224 g/mol. The molecule has 0 radical (unpaired) electrons. The van der Waals surface area contributed by atoms with Crippen LogP contribution in [0, 0.1) is 0 Å². The van der Waals surface area contributed by atoms with Crippen molar-refractivity contribution >= 4 is 16.6 Å². The van der Waals surface area contributed by atoms with Crippen LogP contribution in [0.3, 0.4) is 0 Å². The monoisotopic (exact) mass is 244 g/mol. The lowest BCUT2D eigenvalue weighted by atomic mass is 9.93. The lowest BCUT2D eigenvalue weighted by Gasteiger charge is -2.17. The second-order valence-electron chi connectivity index (χ2n) is 4.53. The summed E-state index contributed by atoms with van der Waals surface area (Å²) in [6.45, 7) is 4.46. The number of fused-ring (bicyclic) bond motifs is 1. The average Bonchev–Trinajstić information content (AvgIpc) is 2.44. The summed E-state index contributed by atoms with van der Waals surface area (Å²) in [6, 6.07) is 6.08. The zero-order valence-corrected chi connectivity index (χ0v) is 11.4. The van der Waals surface area contributed by atoms with Crippen LogP contribution in [0.1, 0.15) is 31.7 Å². The fraction of sp³-hybridized carbons (Fsp3) is 0.400. The van der Waals surface area contributed by atoms with E-state index < -0.39 is 0 Å². The highest BCUT2D eigenvalue weighted by atomic mass is 16.5. The zero-order chi connectivity index (χ0) is 13.1. The van der Waals surface area contributed by atoms with E-state index in [2.05, 4.69) is 30.2 Å². The third kappa shape index (κ3) is 2.13. The van der Waals surface area contributed by atoms with Gasteiger partial charge in [-0.2, -0.15) is 0 Å². The summed E-state index contributed by atoms with van der Waals surface area (Å²) >= 11 is 0. The summed E-state index contributed by atoms with van der Waals surface area (Å²) in [4.78, 5) is 4.50. The molecule has 1 unspecified atom stereocenters. The maximum atomic E-state index is 5.25. The van der Waals surface area contributed by atoms with Gasteiger partial charge in [-0.1, -0.05) is 13.8 Å². The number of hydrogen-bond donors (Lipinski definition) is 1. The van der Waals surface area contributed by atoms with Gasteiger partial charge in [-0.3, -0.25) is 4.98 Å². The maximum absolute atomic E-state index is 5.25. The van der Waals surface area contributed by atoms with Gasteiger partial charge in [-0.15, -0.1) is 0 Å². The second-order valence-corrected chi connectivity index (χ2v) is 4.53. The molecule has 0 aliphatic heterocycles. The van der Waals surface area contributed by atoms with Crippen molar-refractivity contribution in [3.05, 3.63) is 30.0 Å². The molecule has 2 rings (SSSR count). The molecule has 0 saturated heterocycles. The van der Waals surface area contributed by atoms with Gasteiger partial charge in [0.25, 0.3) is 0 Å². The summed E-state index contributed by atoms with van der Waals surface area (Å²) in [5.41, 5.74) is 3.44. The molecule has 1 heterocycles. The molecule has 2 aromatic rings. The minimum atomic E-state index is 0.506. The van der Waals surface area contributed by atoms with E-state index in [1.54, 1.807) is 7.11 Å². The molecule has 0 aliphatic carbocycles. The first-order valence-electron chi connectivity index (χ1n) is 6.35. The molecule has 1 atom stereocenters. The lowest BCUT2D eigenvalue weighted by Crippen LogP contribution is -2.02. The fourth-order valence-electron chi connectivity index (χ4n) is 2.26. The molecule has 0 amide bonds. The zero-order valence-electron chi connectivity index (χ0n) is 11.4. The van der Waals surface area contributed by atoms with E-state index in [-0.39, 0.29) is 0 Å². The van der Waals surface area contributed by atoms with Crippen molar-refractivity contribution in [2.45, 2.75) is 26.2 Å². The number of methoxy groups -OCH3 is 1. The first-order valence-corrected chi connectivity index (χ1v) is 6.35. The number of nitrogens with one attached hydrogen (secondary N) is 1. The first-order chi connectivity index (χ1) is 8.71. The molecule has 96 valence electrons. The van der Waals surface area contributed by atoms with E-state index in [9.17, 15) is 0 Å². The van der Waals surface area contributed by atoms with Gasteiger partial charge in [0.15, 0.2) is 0 Å². The Labute approximate surface area is 108 Å². The molecule has 0 bridgehead atoms. The predicted molar refractivity (Wildman–Crippen MR) is 76.5 cm³/mol. The molecule has 0 fully saturated rings. The van der Waals surface area contributed by atoms with Crippen molar-refractivity contribution in [1.29, 1.82) is 0 Å². The Kier molecular flexibility index (Phi) is 3.70. The Balaban J connectivity index is 2.69. The molecule has 3 nitrogen and oxygen atoms in total. The molecule has 1 aromatic carbocycles. The Bertz CT molecular complexity index is 551. The number of benzene rings is 1. The van der Waals surface area contributed by atoms with Crippen molar-refractivity contribution in [3.63, 3.8) is 0 Å². The van der Waals surface area contributed by atoms with Crippen LogP contribution in [0.2, 0.25) is 0 Å². The molecular formula is C15H20N2O. The van der Waals surface area contributed by atoms with Crippen LogP contribution in [0.5, 0.6) is 5.75 Å². The maximum Gasteiger partial charge on any atom is 0.121 e. The quantitative estimate of drug-likeness (QED) is 0.888. The van der Waals surface area contributed by atoms with E-state index in [0.29, 0.717) is 5.92 Å². The summed E-state index contributed by atoms with van der Waals surface area (Å²) < 4.78 is 5.25. The molecule has 3 heteroatoms. The highest BCUT2D eigenvalue weighted by molar-refractivity contribution is 5.88. The standard InChI is InChI=1S/C15H20N2O/c1-5-10(2)15-12-7-6-11(18-4)8-13(12)17-9-14(15)16-3/h6-10,16H,5H2,1-4H3. The largest absolute Gasteiger partial charge is 0.497 e. The number of hydrogen-bond acceptors (Lipinski definition) is 3. The smallest absolute Gasteiger partial charge is 0.121 e. The Hall–Kier alpha value is -1.77. The van der Waals surface area contributed by atoms with Crippen molar-refractivity contribution in [3.8, 4) is 5.75 Å². The summed E-state index contributed by atoms with van der Waals surface area (Å²) in [6.07, 6.45) is 3.02. The van der Waals surface area contributed by atoms with Gasteiger partial charge in [-0.05, 0) is 30.0 Å². The second kappa shape index (κ2) is 5.25. The normalized spacial score (nSPS) is 12.4. The van der Waals surface area contributed by atoms with Crippen LogP contribution in [-0.2, 0) is 0 Å². The molecule has 18 heavy (non-hydrogen) atoms. The number of anilines is 1. The van der Waals surface area contributed by atoms with Crippen LogP contribution in [0.4, 0.5) is 5.69 Å². The van der Waals surface area contributed by atoms with Crippen LogP contribution in [-0.4, -0.2) is 19.1 Å². The number of rotatable bonds is 4. The van der Waals surface area contributed by atoms with Gasteiger partial charge < -0.3 is 10.1 Å². The molecule has 0 spiro atoms. The van der Waals surface area contributed by atoms with Gasteiger partial charge in [0.1, 0.15) is 5.75 Å². The molecule has 0 aliphatic rings.